The van der Waals surface area contributed by atoms with Gasteiger partial charge in [0, 0.05) is 13.2 Å². The first kappa shape index (κ1) is 11.9. The molecule has 1 fully saturated rings. The van der Waals surface area contributed by atoms with Crippen LogP contribution >= 0.6 is 11.8 Å². The SMILES string of the molecule is CCSCCC1(C(=O)O)CCOCC1. The van der Waals surface area contributed by atoms with Gasteiger partial charge in [0.2, 0.25) is 0 Å². The number of carboxylic acid groups (broad SMARTS) is 1. The van der Waals surface area contributed by atoms with Crippen LogP contribution in [0.25, 0.3) is 0 Å². The minimum absolute atomic E-state index is 0.500. The molecule has 14 heavy (non-hydrogen) atoms. The third kappa shape index (κ3) is 2.89. The lowest BCUT2D eigenvalue weighted by molar-refractivity contribution is -0.155. The Bertz CT molecular complexity index is 188. The number of aliphatic carboxylic acids is 1. The van der Waals surface area contributed by atoms with E-state index in [1.807, 2.05) is 11.8 Å². The zero-order chi connectivity index (χ0) is 10.4. The molecule has 1 saturated heterocycles. The predicted molar refractivity (Wildman–Crippen MR) is 57.7 cm³/mol. The van der Waals surface area contributed by atoms with Crippen LogP contribution in [0.2, 0.25) is 0 Å². The molecule has 1 aliphatic heterocycles. The number of ether oxygens (including phenoxy) is 1. The van der Waals surface area contributed by atoms with Crippen LogP contribution in [0.4, 0.5) is 0 Å². The first-order valence-corrected chi connectivity index (χ1v) is 6.25. The van der Waals surface area contributed by atoms with E-state index in [1.165, 1.54) is 0 Å². The monoisotopic (exact) mass is 218 g/mol. The highest BCUT2D eigenvalue weighted by atomic mass is 32.2. The summed E-state index contributed by atoms with van der Waals surface area (Å²) < 4.78 is 5.21. The van der Waals surface area contributed by atoms with Crippen LogP contribution in [-0.2, 0) is 9.53 Å². The maximum atomic E-state index is 11.2. The van der Waals surface area contributed by atoms with E-state index in [-0.39, 0.29) is 0 Å². The fourth-order valence-electron chi connectivity index (χ4n) is 1.74. The lowest BCUT2D eigenvalue weighted by atomic mass is 9.78. The fourth-order valence-corrected chi connectivity index (χ4v) is 2.57. The topological polar surface area (TPSA) is 46.5 Å². The summed E-state index contributed by atoms with van der Waals surface area (Å²) in [6, 6.07) is 0. The molecule has 0 unspecified atom stereocenters. The third-order valence-electron chi connectivity index (χ3n) is 2.83. The van der Waals surface area contributed by atoms with Gasteiger partial charge in [-0.15, -0.1) is 0 Å². The van der Waals surface area contributed by atoms with Crippen molar-refractivity contribution in [3.63, 3.8) is 0 Å². The molecule has 0 spiro atoms. The lowest BCUT2D eigenvalue weighted by Gasteiger charge is -2.32. The Balaban J connectivity index is 2.47. The second-order valence-electron chi connectivity index (χ2n) is 3.64. The molecule has 3 nitrogen and oxygen atoms in total. The number of carbonyl (C=O) groups is 1. The Morgan fingerprint density at radius 2 is 2.14 bits per heavy atom. The average Bonchev–Trinajstić information content (AvgIpc) is 2.19. The van der Waals surface area contributed by atoms with Gasteiger partial charge < -0.3 is 9.84 Å². The van der Waals surface area contributed by atoms with Crippen LogP contribution < -0.4 is 0 Å². The maximum Gasteiger partial charge on any atom is 0.309 e. The summed E-state index contributed by atoms with van der Waals surface area (Å²) in [6.45, 7) is 3.30. The zero-order valence-corrected chi connectivity index (χ0v) is 9.44. The Hall–Kier alpha value is -0.220. The lowest BCUT2D eigenvalue weighted by Crippen LogP contribution is -2.37. The molecule has 0 amide bonds. The van der Waals surface area contributed by atoms with E-state index in [1.54, 1.807) is 0 Å². The number of thioether (sulfide) groups is 1. The van der Waals surface area contributed by atoms with Gasteiger partial charge in [0.15, 0.2) is 0 Å². The molecule has 0 bridgehead atoms. The van der Waals surface area contributed by atoms with E-state index in [4.69, 9.17) is 4.74 Å². The number of rotatable bonds is 5. The van der Waals surface area contributed by atoms with Crippen molar-refractivity contribution in [1.82, 2.24) is 0 Å². The summed E-state index contributed by atoms with van der Waals surface area (Å²) in [7, 11) is 0. The molecule has 0 aliphatic carbocycles. The molecule has 0 atom stereocenters. The highest BCUT2D eigenvalue weighted by molar-refractivity contribution is 7.99. The van der Waals surface area contributed by atoms with Crippen molar-refractivity contribution in [2.45, 2.75) is 26.2 Å². The summed E-state index contributed by atoms with van der Waals surface area (Å²) in [6.07, 6.45) is 2.13. The van der Waals surface area contributed by atoms with Crippen molar-refractivity contribution in [1.29, 1.82) is 0 Å². The smallest absolute Gasteiger partial charge is 0.309 e. The van der Waals surface area contributed by atoms with Gasteiger partial charge in [-0.2, -0.15) is 11.8 Å². The average molecular weight is 218 g/mol. The third-order valence-corrected chi connectivity index (χ3v) is 3.73. The van der Waals surface area contributed by atoms with Crippen LogP contribution in [-0.4, -0.2) is 35.8 Å². The molecule has 0 radical (unpaired) electrons. The molecule has 82 valence electrons. The Labute approximate surface area is 89.2 Å². The molecule has 0 aromatic rings. The summed E-state index contributed by atoms with van der Waals surface area (Å²) in [5.41, 5.74) is -0.500. The molecular formula is C10H18O3S. The summed E-state index contributed by atoms with van der Waals surface area (Å²) in [5, 5.41) is 9.22. The van der Waals surface area contributed by atoms with Crippen molar-refractivity contribution in [2.24, 2.45) is 5.41 Å². The number of carboxylic acids is 1. The van der Waals surface area contributed by atoms with Crippen LogP contribution in [0, 0.1) is 5.41 Å². The highest BCUT2D eigenvalue weighted by Crippen LogP contribution is 2.35. The summed E-state index contributed by atoms with van der Waals surface area (Å²) in [5.74, 6) is 1.37. The molecule has 0 aromatic carbocycles. The normalized spacial score (nSPS) is 20.6. The summed E-state index contributed by atoms with van der Waals surface area (Å²) in [4.78, 5) is 11.2. The number of hydrogen-bond donors (Lipinski definition) is 1. The standard InChI is InChI=1S/C10H18O3S/c1-2-14-8-5-10(9(11)12)3-6-13-7-4-10/h2-8H2,1H3,(H,11,12). The fraction of sp³-hybridized carbons (Fsp3) is 0.900. The van der Waals surface area contributed by atoms with E-state index in [9.17, 15) is 9.90 Å². The molecular weight excluding hydrogens is 200 g/mol. The van der Waals surface area contributed by atoms with Gasteiger partial charge in [0.1, 0.15) is 0 Å². The van der Waals surface area contributed by atoms with Gasteiger partial charge in [0.25, 0.3) is 0 Å². The van der Waals surface area contributed by atoms with Crippen molar-refractivity contribution < 1.29 is 14.6 Å². The van der Waals surface area contributed by atoms with Crippen molar-refractivity contribution in [3.8, 4) is 0 Å². The first-order valence-electron chi connectivity index (χ1n) is 5.10. The van der Waals surface area contributed by atoms with Gasteiger partial charge in [-0.05, 0) is 30.8 Å². The number of hydrogen-bond acceptors (Lipinski definition) is 3. The Morgan fingerprint density at radius 1 is 1.50 bits per heavy atom. The van der Waals surface area contributed by atoms with Crippen molar-refractivity contribution in [2.75, 3.05) is 24.7 Å². The second kappa shape index (κ2) is 5.61. The van der Waals surface area contributed by atoms with Crippen LogP contribution in [0.1, 0.15) is 26.2 Å². The van der Waals surface area contributed by atoms with Crippen LogP contribution in [0.15, 0.2) is 0 Å². The van der Waals surface area contributed by atoms with Gasteiger partial charge in [0.05, 0.1) is 5.41 Å². The quantitative estimate of drug-likeness (QED) is 0.717. The molecule has 0 aromatic heterocycles. The molecule has 1 heterocycles. The van der Waals surface area contributed by atoms with Crippen molar-refractivity contribution >= 4 is 17.7 Å². The largest absolute Gasteiger partial charge is 0.481 e. The van der Waals surface area contributed by atoms with E-state index in [0.29, 0.717) is 26.1 Å². The molecule has 1 rings (SSSR count). The predicted octanol–water partition coefficient (Wildman–Crippen LogP) is 2.01. The summed E-state index contributed by atoms with van der Waals surface area (Å²) >= 11 is 1.81. The second-order valence-corrected chi connectivity index (χ2v) is 5.04. The molecule has 1 aliphatic rings. The van der Waals surface area contributed by atoms with Crippen LogP contribution in [0.5, 0.6) is 0 Å². The first-order chi connectivity index (χ1) is 6.71. The zero-order valence-electron chi connectivity index (χ0n) is 8.62. The van der Waals surface area contributed by atoms with Gasteiger partial charge in [-0.1, -0.05) is 6.92 Å². The maximum absolute atomic E-state index is 11.2. The Morgan fingerprint density at radius 3 is 2.64 bits per heavy atom. The molecule has 1 N–H and O–H groups in total. The van der Waals surface area contributed by atoms with Gasteiger partial charge >= 0.3 is 5.97 Å². The molecule has 4 heteroatoms. The van der Waals surface area contributed by atoms with E-state index in [0.717, 1.165) is 17.9 Å². The highest BCUT2D eigenvalue weighted by Gasteiger charge is 2.39. The van der Waals surface area contributed by atoms with Gasteiger partial charge in [-0.25, -0.2) is 0 Å². The minimum Gasteiger partial charge on any atom is -0.481 e. The molecule has 0 saturated carbocycles. The van der Waals surface area contributed by atoms with E-state index in [2.05, 4.69) is 6.92 Å². The van der Waals surface area contributed by atoms with E-state index < -0.39 is 11.4 Å². The Kier molecular flexibility index (Phi) is 4.75. The minimum atomic E-state index is -0.641. The van der Waals surface area contributed by atoms with Crippen molar-refractivity contribution in [3.05, 3.63) is 0 Å². The van der Waals surface area contributed by atoms with E-state index >= 15 is 0 Å². The van der Waals surface area contributed by atoms with Gasteiger partial charge in [-0.3, -0.25) is 4.79 Å². The van der Waals surface area contributed by atoms with Crippen LogP contribution in [0.3, 0.4) is 0 Å².